The Labute approximate surface area is 162 Å². The van der Waals surface area contributed by atoms with E-state index in [-0.39, 0.29) is 13.0 Å². The van der Waals surface area contributed by atoms with Crippen LogP contribution >= 0.6 is 11.8 Å². The van der Waals surface area contributed by atoms with Crippen LogP contribution in [0.2, 0.25) is 0 Å². The Bertz CT molecular complexity index is 592. The van der Waals surface area contributed by atoms with Crippen LogP contribution in [0.25, 0.3) is 0 Å². The predicted octanol–water partition coefficient (Wildman–Crippen LogP) is 0.385. The SMILES string of the molecule is C=[N+]=C(NCCC)SC1CC(OC(C)=O)C(OC(C)=O)C(COC(C)=O)O1. The third kappa shape index (κ3) is 8.47. The molecule has 0 aromatic carbocycles. The first-order valence-corrected chi connectivity index (χ1v) is 9.52. The highest BCUT2D eigenvalue weighted by Crippen LogP contribution is 2.31. The molecule has 0 amide bonds. The highest BCUT2D eigenvalue weighted by molar-refractivity contribution is 8.14. The van der Waals surface area contributed by atoms with Crippen LogP contribution in [0.15, 0.2) is 0 Å². The summed E-state index contributed by atoms with van der Waals surface area (Å²) in [6.45, 7) is 9.91. The van der Waals surface area contributed by atoms with Gasteiger partial charge < -0.3 is 18.9 Å². The molecule has 27 heavy (non-hydrogen) atoms. The van der Waals surface area contributed by atoms with Gasteiger partial charge in [-0.25, -0.2) is 4.67 Å². The number of carbonyl (C=O) groups is 3. The summed E-state index contributed by atoms with van der Waals surface area (Å²) < 4.78 is 25.5. The van der Waals surface area contributed by atoms with Crippen molar-refractivity contribution in [1.82, 2.24) is 9.98 Å². The number of amidine groups is 1. The molecule has 0 aromatic rings. The van der Waals surface area contributed by atoms with Crippen molar-refractivity contribution in [2.24, 2.45) is 0 Å². The van der Waals surface area contributed by atoms with E-state index < -0.39 is 41.7 Å². The Morgan fingerprint density at radius 2 is 1.85 bits per heavy atom. The van der Waals surface area contributed by atoms with Crippen molar-refractivity contribution in [3.8, 4) is 0 Å². The van der Waals surface area contributed by atoms with Crippen molar-refractivity contribution >= 4 is 41.6 Å². The van der Waals surface area contributed by atoms with Gasteiger partial charge in [0.25, 0.3) is 0 Å². The summed E-state index contributed by atoms with van der Waals surface area (Å²) >= 11 is 1.28. The second-order valence-corrected chi connectivity index (χ2v) is 7.02. The van der Waals surface area contributed by atoms with E-state index in [9.17, 15) is 14.4 Å². The smallest absolute Gasteiger partial charge is 0.405 e. The first-order chi connectivity index (χ1) is 12.8. The minimum Gasteiger partial charge on any atom is -0.463 e. The zero-order valence-electron chi connectivity index (χ0n) is 16.1. The van der Waals surface area contributed by atoms with Crippen LogP contribution in [0.5, 0.6) is 0 Å². The zero-order chi connectivity index (χ0) is 20.4. The van der Waals surface area contributed by atoms with Gasteiger partial charge in [0.2, 0.25) is 0 Å². The monoisotopic (exact) mass is 403 g/mol. The van der Waals surface area contributed by atoms with Crippen molar-refractivity contribution in [2.45, 2.75) is 64.3 Å². The maximum Gasteiger partial charge on any atom is 0.405 e. The molecule has 0 radical (unpaired) electrons. The normalized spacial score (nSPS) is 24.3. The summed E-state index contributed by atoms with van der Waals surface area (Å²) in [5.74, 6) is -1.56. The number of hydrogen-bond acceptors (Lipinski definition) is 8. The minimum atomic E-state index is -0.883. The average Bonchev–Trinajstić information content (AvgIpc) is 2.58. The van der Waals surface area contributed by atoms with Gasteiger partial charge in [-0.15, -0.1) is 0 Å². The molecule has 1 aliphatic rings. The second kappa shape index (κ2) is 11.6. The highest BCUT2D eigenvalue weighted by atomic mass is 32.2. The van der Waals surface area contributed by atoms with Crippen LogP contribution in [0.3, 0.4) is 0 Å². The maximum absolute atomic E-state index is 11.5. The van der Waals surface area contributed by atoms with Crippen LogP contribution in [-0.2, 0) is 33.3 Å². The highest BCUT2D eigenvalue weighted by Gasteiger charge is 2.45. The van der Waals surface area contributed by atoms with Crippen LogP contribution in [-0.4, -0.2) is 66.7 Å². The molecule has 1 heterocycles. The lowest BCUT2D eigenvalue weighted by atomic mass is 10.0. The van der Waals surface area contributed by atoms with Crippen molar-refractivity contribution in [2.75, 3.05) is 13.2 Å². The molecule has 0 aromatic heterocycles. The lowest BCUT2D eigenvalue weighted by Crippen LogP contribution is -2.53. The van der Waals surface area contributed by atoms with E-state index in [1.165, 1.54) is 32.5 Å². The summed E-state index contributed by atoms with van der Waals surface area (Å²) in [5, 5.41) is 3.69. The number of carbonyl (C=O) groups excluding carboxylic acids is 3. The zero-order valence-corrected chi connectivity index (χ0v) is 16.9. The average molecular weight is 403 g/mol. The molecule has 0 spiro atoms. The number of ether oxygens (including phenoxy) is 4. The molecular weight excluding hydrogens is 376 g/mol. The molecule has 4 unspecified atom stereocenters. The van der Waals surface area contributed by atoms with Gasteiger partial charge in [-0.3, -0.25) is 19.7 Å². The number of esters is 3. The largest absolute Gasteiger partial charge is 0.463 e. The van der Waals surface area contributed by atoms with Crippen molar-refractivity contribution in [3.63, 3.8) is 0 Å². The van der Waals surface area contributed by atoms with Gasteiger partial charge in [0.05, 0.1) is 6.54 Å². The molecular formula is C17H27N2O7S+. The number of nitrogens with one attached hydrogen (secondary N) is 1. The maximum atomic E-state index is 11.5. The molecule has 1 saturated heterocycles. The number of rotatable bonds is 7. The minimum absolute atomic E-state index is 0.138. The van der Waals surface area contributed by atoms with Gasteiger partial charge in [-0.1, -0.05) is 6.92 Å². The molecule has 9 nitrogen and oxygen atoms in total. The number of hydrogen-bond donors (Lipinski definition) is 1. The fourth-order valence-corrected chi connectivity index (χ4v) is 3.46. The van der Waals surface area contributed by atoms with E-state index in [1.807, 2.05) is 6.92 Å². The molecule has 4 atom stereocenters. The molecule has 1 rings (SSSR count). The van der Waals surface area contributed by atoms with Gasteiger partial charge in [-0.2, -0.15) is 0 Å². The van der Waals surface area contributed by atoms with Gasteiger partial charge in [0, 0.05) is 39.0 Å². The lowest BCUT2D eigenvalue weighted by molar-refractivity contribution is -0.204. The fourth-order valence-electron chi connectivity index (χ4n) is 2.46. The van der Waals surface area contributed by atoms with Crippen LogP contribution in [0.1, 0.15) is 40.5 Å². The van der Waals surface area contributed by atoms with E-state index in [2.05, 4.69) is 16.7 Å². The summed E-state index contributed by atoms with van der Waals surface area (Å²) in [7, 11) is 0. The first kappa shape index (κ1) is 23.0. The quantitative estimate of drug-likeness (QED) is 0.212. The molecule has 0 saturated carbocycles. The van der Waals surface area contributed by atoms with Crippen molar-refractivity contribution in [3.05, 3.63) is 0 Å². The molecule has 10 heteroatoms. The van der Waals surface area contributed by atoms with E-state index in [1.54, 1.807) is 0 Å². The van der Waals surface area contributed by atoms with E-state index in [0.29, 0.717) is 11.7 Å². The fraction of sp³-hybridized carbons (Fsp3) is 0.706. The third-order valence-corrected chi connectivity index (χ3v) is 4.53. The topological polar surface area (TPSA) is 114 Å². The van der Waals surface area contributed by atoms with Gasteiger partial charge in [0.15, 0.2) is 12.8 Å². The van der Waals surface area contributed by atoms with Crippen LogP contribution in [0, 0.1) is 0 Å². The van der Waals surface area contributed by atoms with E-state index in [0.717, 1.165) is 6.42 Å². The lowest BCUT2D eigenvalue weighted by Gasteiger charge is -2.39. The second-order valence-electron chi connectivity index (χ2n) is 5.87. The molecule has 1 fully saturated rings. The summed E-state index contributed by atoms with van der Waals surface area (Å²) in [6, 6.07) is 0. The third-order valence-electron chi connectivity index (χ3n) is 3.47. The molecule has 152 valence electrons. The predicted molar refractivity (Wildman–Crippen MR) is 101 cm³/mol. The number of nitrogens with zero attached hydrogens (tertiary/aromatic N) is 1. The van der Waals surface area contributed by atoms with E-state index >= 15 is 0 Å². The standard InChI is InChI=1S/C17H26N2O7S/c1-6-7-19-17(18-5)27-15-8-13(24-11(3)21)16(25-12(4)22)14(26-15)9-23-10(2)20/h13-16H,5-9H2,1-4H3/p+1. The Balaban J connectivity index is 2.98. The molecule has 0 aliphatic carbocycles. The summed E-state index contributed by atoms with van der Waals surface area (Å²) in [4.78, 5) is 34.2. The van der Waals surface area contributed by atoms with Crippen molar-refractivity contribution in [1.29, 1.82) is 0 Å². The van der Waals surface area contributed by atoms with Gasteiger partial charge in [0.1, 0.15) is 24.3 Å². The summed E-state index contributed by atoms with van der Waals surface area (Å²) in [5.41, 5.74) is -0.466. The van der Waals surface area contributed by atoms with Crippen molar-refractivity contribution < 1.29 is 33.3 Å². The Morgan fingerprint density at radius 1 is 1.19 bits per heavy atom. The summed E-state index contributed by atoms with van der Waals surface area (Å²) in [6.07, 6.45) is -1.23. The first-order valence-electron chi connectivity index (χ1n) is 8.64. The molecule has 1 aliphatic heterocycles. The van der Waals surface area contributed by atoms with E-state index in [4.69, 9.17) is 18.9 Å². The molecule has 0 bridgehead atoms. The van der Waals surface area contributed by atoms with Crippen LogP contribution in [0.4, 0.5) is 0 Å². The van der Waals surface area contributed by atoms with Gasteiger partial charge >= 0.3 is 23.1 Å². The van der Waals surface area contributed by atoms with Crippen LogP contribution < -0.4 is 9.98 Å². The Kier molecular flexibility index (Phi) is 9.92. The Morgan fingerprint density at radius 3 is 2.37 bits per heavy atom. The molecule has 1 N–H and O–H groups in total. The Hall–Kier alpha value is -2.03. The van der Waals surface area contributed by atoms with Gasteiger partial charge in [-0.05, 0) is 6.42 Å². The number of thioether (sulfide) groups is 1.